The first-order valence-electron chi connectivity index (χ1n) is 6.00. The van der Waals surface area contributed by atoms with Gasteiger partial charge in [-0.2, -0.15) is 0 Å². The van der Waals surface area contributed by atoms with Crippen molar-refractivity contribution < 1.29 is 19.0 Å². The van der Waals surface area contributed by atoms with E-state index in [-0.39, 0.29) is 0 Å². The van der Waals surface area contributed by atoms with Crippen molar-refractivity contribution in [2.24, 2.45) is 0 Å². The van der Waals surface area contributed by atoms with E-state index in [9.17, 15) is 4.79 Å². The molecule has 1 aromatic rings. The summed E-state index contributed by atoms with van der Waals surface area (Å²) < 4.78 is 16.6. The smallest absolute Gasteiger partial charge is 0.213 e. The topological polar surface area (TPSA) is 48.0 Å². The number of fused-ring (bicyclic) bond motifs is 1. The molecule has 5 heteroatoms. The molecule has 0 radical (unpaired) electrons. The minimum atomic E-state index is 0.520. The van der Waals surface area contributed by atoms with E-state index in [1.807, 2.05) is 6.92 Å². The lowest BCUT2D eigenvalue weighted by atomic mass is 10.2. The van der Waals surface area contributed by atoms with Gasteiger partial charge in [-0.15, -0.1) is 0 Å². The number of ether oxygens (including phenoxy) is 3. The Hall–Kier alpha value is -1.91. The van der Waals surface area contributed by atoms with Crippen molar-refractivity contribution in [3.05, 3.63) is 12.1 Å². The molecule has 1 aliphatic heterocycles. The second-order valence-electron chi connectivity index (χ2n) is 4.03. The third-order valence-electron chi connectivity index (χ3n) is 2.62. The molecule has 5 nitrogen and oxygen atoms in total. The summed E-state index contributed by atoms with van der Waals surface area (Å²) in [6.45, 7) is 3.68. The van der Waals surface area contributed by atoms with Crippen molar-refractivity contribution in [2.45, 2.75) is 13.3 Å². The molecule has 1 heterocycles. The van der Waals surface area contributed by atoms with Crippen LogP contribution >= 0.6 is 0 Å². The zero-order valence-corrected chi connectivity index (χ0v) is 10.6. The van der Waals surface area contributed by atoms with E-state index in [2.05, 4.69) is 0 Å². The highest BCUT2D eigenvalue weighted by molar-refractivity contribution is 5.80. The normalized spacial score (nSPS) is 13.0. The van der Waals surface area contributed by atoms with Gasteiger partial charge >= 0.3 is 0 Å². The molecule has 0 saturated carbocycles. The van der Waals surface area contributed by atoms with Gasteiger partial charge < -0.3 is 19.1 Å². The van der Waals surface area contributed by atoms with Crippen molar-refractivity contribution in [2.75, 3.05) is 31.8 Å². The molecule has 1 amide bonds. The Morgan fingerprint density at radius 2 is 2.00 bits per heavy atom. The van der Waals surface area contributed by atoms with Crippen LogP contribution in [0.3, 0.4) is 0 Å². The molecule has 0 aromatic heterocycles. The lowest BCUT2D eigenvalue weighted by Crippen LogP contribution is -2.19. The zero-order chi connectivity index (χ0) is 13.0. The van der Waals surface area contributed by atoms with Gasteiger partial charge in [-0.1, -0.05) is 6.92 Å². The van der Waals surface area contributed by atoms with Crippen molar-refractivity contribution in [3.63, 3.8) is 0 Å². The maximum absolute atomic E-state index is 10.9. The molecular weight excluding hydrogens is 234 g/mol. The number of rotatable bonds is 5. The van der Waals surface area contributed by atoms with Gasteiger partial charge in [-0.3, -0.25) is 4.79 Å². The Bertz CT molecular complexity index is 433. The van der Waals surface area contributed by atoms with E-state index in [1.165, 1.54) is 4.90 Å². The molecule has 0 N–H and O–H groups in total. The summed E-state index contributed by atoms with van der Waals surface area (Å²) in [6.07, 6.45) is 1.64. The molecule has 98 valence electrons. The minimum Gasteiger partial charge on any atom is -0.491 e. The van der Waals surface area contributed by atoms with E-state index in [0.717, 1.165) is 12.8 Å². The summed E-state index contributed by atoms with van der Waals surface area (Å²) >= 11 is 0. The second kappa shape index (κ2) is 5.62. The van der Waals surface area contributed by atoms with E-state index in [0.29, 0.717) is 42.8 Å². The molecule has 0 fully saturated rings. The molecule has 18 heavy (non-hydrogen) atoms. The number of nitrogens with zero attached hydrogens (tertiary/aromatic N) is 1. The van der Waals surface area contributed by atoms with E-state index in [1.54, 1.807) is 19.2 Å². The first-order chi connectivity index (χ1) is 8.76. The first kappa shape index (κ1) is 12.5. The van der Waals surface area contributed by atoms with Gasteiger partial charge in [0.1, 0.15) is 19.0 Å². The maximum Gasteiger partial charge on any atom is 0.213 e. The van der Waals surface area contributed by atoms with Crippen LogP contribution in [0.2, 0.25) is 0 Å². The number of amides is 1. The summed E-state index contributed by atoms with van der Waals surface area (Å²) in [6, 6.07) is 3.55. The molecular formula is C13H17NO4. The molecule has 1 aliphatic rings. The van der Waals surface area contributed by atoms with Crippen LogP contribution in [0.1, 0.15) is 13.3 Å². The summed E-state index contributed by atoms with van der Waals surface area (Å²) in [5.41, 5.74) is 0.683. The second-order valence-corrected chi connectivity index (χ2v) is 4.03. The Balaban J connectivity index is 2.37. The predicted octanol–water partition coefficient (Wildman–Crippen LogP) is 1.84. The van der Waals surface area contributed by atoms with Gasteiger partial charge in [0.05, 0.1) is 12.3 Å². The fraction of sp³-hybridized carbons (Fsp3) is 0.462. The standard InChI is InChI=1S/C13H17NO4/c1-3-4-16-11-8-13-12(17-5-6-18-13)7-10(11)14(2)9-15/h7-9H,3-6H2,1-2H3. The molecule has 0 bridgehead atoms. The monoisotopic (exact) mass is 251 g/mol. The number of carbonyl (C=O) groups excluding carboxylic acids is 1. The first-order valence-corrected chi connectivity index (χ1v) is 6.00. The number of benzene rings is 1. The van der Waals surface area contributed by atoms with Crippen molar-refractivity contribution >= 4 is 12.1 Å². The third kappa shape index (κ3) is 2.50. The molecule has 0 unspecified atom stereocenters. The number of hydrogen-bond donors (Lipinski definition) is 0. The Morgan fingerprint density at radius 1 is 1.33 bits per heavy atom. The van der Waals surface area contributed by atoms with Crippen molar-refractivity contribution in [1.82, 2.24) is 0 Å². The highest BCUT2D eigenvalue weighted by atomic mass is 16.6. The maximum atomic E-state index is 10.9. The minimum absolute atomic E-state index is 0.520. The number of carbonyl (C=O) groups is 1. The highest BCUT2D eigenvalue weighted by Gasteiger charge is 2.18. The van der Waals surface area contributed by atoms with E-state index < -0.39 is 0 Å². The Kier molecular flexibility index (Phi) is 3.92. The van der Waals surface area contributed by atoms with E-state index in [4.69, 9.17) is 14.2 Å². The molecule has 0 aliphatic carbocycles. The van der Waals surface area contributed by atoms with Gasteiger partial charge in [0.25, 0.3) is 0 Å². The van der Waals surface area contributed by atoms with Gasteiger partial charge in [-0.25, -0.2) is 0 Å². The largest absolute Gasteiger partial charge is 0.491 e. The van der Waals surface area contributed by atoms with Crippen LogP contribution in [0.5, 0.6) is 17.2 Å². The van der Waals surface area contributed by atoms with Gasteiger partial charge in [-0.05, 0) is 6.42 Å². The SMILES string of the molecule is CCCOc1cc2c(cc1N(C)C=O)OCCO2. The quantitative estimate of drug-likeness (QED) is 0.749. The molecule has 0 atom stereocenters. The van der Waals surface area contributed by atoms with Crippen molar-refractivity contribution in [1.29, 1.82) is 0 Å². The van der Waals surface area contributed by atoms with Crippen LogP contribution in [0.25, 0.3) is 0 Å². The predicted molar refractivity (Wildman–Crippen MR) is 67.7 cm³/mol. The summed E-state index contributed by atoms with van der Waals surface area (Å²) in [4.78, 5) is 12.4. The summed E-state index contributed by atoms with van der Waals surface area (Å²) in [7, 11) is 1.68. The van der Waals surface area contributed by atoms with Crippen molar-refractivity contribution in [3.8, 4) is 17.2 Å². The lowest BCUT2D eigenvalue weighted by molar-refractivity contribution is -0.107. The van der Waals surface area contributed by atoms with Crippen LogP contribution in [0.4, 0.5) is 5.69 Å². The van der Waals surface area contributed by atoms with Crippen LogP contribution in [0.15, 0.2) is 12.1 Å². The van der Waals surface area contributed by atoms with Gasteiger partial charge in [0, 0.05) is 19.2 Å². The average Bonchev–Trinajstić information content (AvgIpc) is 2.43. The highest BCUT2D eigenvalue weighted by Crippen LogP contribution is 2.40. The van der Waals surface area contributed by atoms with Gasteiger partial charge in [0.2, 0.25) is 6.41 Å². The number of anilines is 1. The fourth-order valence-corrected chi connectivity index (χ4v) is 1.72. The Morgan fingerprint density at radius 3 is 2.61 bits per heavy atom. The Labute approximate surface area is 106 Å². The van der Waals surface area contributed by atoms with Crippen LogP contribution in [0, 0.1) is 0 Å². The summed E-state index contributed by atoms with van der Waals surface area (Å²) in [5.74, 6) is 1.94. The molecule has 0 spiro atoms. The summed E-state index contributed by atoms with van der Waals surface area (Å²) in [5, 5.41) is 0. The molecule has 2 rings (SSSR count). The number of hydrogen-bond acceptors (Lipinski definition) is 4. The van der Waals surface area contributed by atoms with Crippen LogP contribution in [-0.4, -0.2) is 33.3 Å². The molecule has 1 aromatic carbocycles. The lowest BCUT2D eigenvalue weighted by Gasteiger charge is -2.23. The average molecular weight is 251 g/mol. The van der Waals surface area contributed by atoms with Crippen LogP contribution < -0.4 is 19.1 Å². The van der Waals surface area contributed by atoms with Gasteiger partial charge in [0.15, 0.2) is 11.5 Å². The molecule has 0 saturated heterocycles. The van der Waals surface area contributed by atoms with E-state index >= 15 is 0 Å². The third-order valence-corrected chi connectivity index (χ3v) is 2.62. The fourth-order valence-electron chi connectivity index (χ4n) is 1.72. The van der Waals surface area contributed by atoms with Crippen LogP contribution in [-0.2, 0) is 4.79 Å². The zero-order valence-electron chi connectivity index (χ0n) is 10.6.